The zero-order valence-corrected chi connectivity index (χ0v) is 30.2. The zero-order valence-electron chi connectivity index (χ0n) is 23.1. The van der Waals surface area contributed by atoms with Crippen LogP contribution < -0.4 is 6.54 Å². The summed E-state index contributed by atoms with van der Waals surface area (Å²) < 4.78 is 6.66. The fourth-order valence-corrected chi connectivity index (χ4v) is 40.1. The van der Waals surface area contributed by atoms with Crippen LogP contribution in [0.15, 0.2) is 151 Å². The van der Waals surface area contributed by atoms with Gasteiger partial charge in [0.1, 0.15) is 0 Å². The van der Waals surface area contributed by atoms with E-state index in [2.05, 4.69) is 147 Å². The molecule has 0 N–H and O–H groups in total. The van der Waals surface area contributed by atoms with E-state index in [9.17, 15) is 0 Å². The van der Waals surface area contributed by atoms with Gasteiger partial charge in [-0.05, 0) is 0 Å². The minimum absolute atomic E-state index is 0. The van der Waals surface area contributed by atoms with Crippen LogP contribution in [-0.2, 0) is 15.7 Å². The Kier molecular flexibility index (Phi) is 9.53. The Labute approximate surface area is 257 Å². The Hall–Kier alpha value is -2.15. The molecule has 0 amide bonds. The van der Waals surface area contributed by atoms with E-state index in [0.29, 0.717) is 0 Å². The third kappa shape index (κ3) is 4.94. The van der Waals surface area contributed by atoms with Crippen LogP contribution in [-0.4, -0.2) is 12.1 Å². The first-order valence-electron chi connectivity index (χ1n) is 13.6. The van der Waals surface area contributed by atoms with Crippen molar-refractivity contribution in [2.45, 2.75) is 26.7 Å². The maximum absolute atomic E-state index is 4.22. The fraction of sp³-hybridized carbons (Fsp3) is 0.111. The summed E-state index contributed by atoms with van der Waals surface area (Å²) >= 11 is -2.95. The van der Waals surface area contributed by atoms with Crippen molar-refractivity contribution in [1.29, 1.82) is 0 Å². The maximum atomic E-state index is 2.50. The van der Waals surface area contributed by atoms with Crippen molar-refractivity contribution in [3.8, 4) is 0 Å². The predicted molar refractivity (Wildman–Crippen MR) is 179 cm³/mol. The second-order valence-corrected chi connectivity index (χ2v) is 41.5. The summed E-state index contributed by atoms with van der Waals surface area (Å²) in [5.41, 5.74) is 8.61. The molecule has 2 aliphatic rings. The molecule has 4 heteroatoms. The number of benzene rings is 4. The van der Waals surface area contributed by atoms with Crippen LogP contribution in [0.1, 0.15) is 37.8 Å². The molecule has 202 valence electrons. The fourth-order valence-electron chi connectivity index (χ4n) is 7.05. The molecule has 0 aromatic heterocycles. The van der Waals surface area contributed by atoms with Crippen LogP contribution in [0.2, 0.25) is 0 Å². The number of rotatable bonds is 6. The molecule has 0 unspecified atom stereocenters. The molecule has 0 spiro atoms. The van der Waals surface area contributed by atoms with Gasteiger partial charge in [0.15, 0.2) is 0 Å². The maximum Gasteiger partial charge on any atom is -0.147 e. The van der Waals surface area contributed by atoms with Gasteiger partial charge in [-0.2, -0.15) is 0 Å². The van der Waals surface area contributed by atoms with E-state index < -0.39 is 15.7 Å². The number of hydrogen-bond donors (Lipinski definition) is 0. The van der Waals surface area contributed by atoms with Crippen LogP contribution in [0.25, 0.3) is 11.1 Å². The molecule has 0 heterocycles. The summed E-state index contributed by atoms with van der Waals surface area (Å²) in [4.78, 5) is 0. The van der Waals surface area contributed by atoms with Crippen molar-refractivity contribution in [2.24, 2.45) is 0 Å². The second kappa shape index (κ2) is 12.4. The van der Waals surface area contributed by atoms with Crippen molar-refractivity contribution in [3.05, 3.63) is 162 Å². The molecule has 0 saturated heterocycles. The van der Waals surface area contributed by atoms with Crippen molar-refractivity contribution in [3.63, 3.8) is 0 Å². The summed E-state index contributed by atoms with van der Waals surface area (Å²) in [7, 11) is 0. The van der Waals surface area contributed by atoms with Gasteiger partial charge in [0, 0.05) is 0 Å². The van der Waals surface area contributed by atoms with Crippen molar-refractivity contribution in [1.82, 2.24) is 0 Å². The van der Waals surface area contributed by atoms with Gasteiger partial charge in [-0.3, -0.25) is 0 Å². The van der Waals surface area contributed by atoms with Gasteiger partial charge >= 0.3 is 234 Å². The molecule has 40 heavy (non-hydrogen) atoms. The summed E-state index contributed by atoms with van der Waals surface area (Å²) in [6.07, 6.45) is 7.08. The summed E-state index contributed by atoms with van der Waals surface area (Å²) in [6, 6.07) is 45.3. The Morgan fingerprint density at radius 2 is 0.775 bits per heavy atom. The number of allylic oxidation sites excluding steroid dienone is 8. The van der Waals surface area contributed by atoms with Crippen molar-refractivity contribution < 1.29 is 15.7 Å². The standard InChI is InChI=1S/2C12H11.2C6H5.2ClH.GeH2.Zr/c2*1-10-7-8-12(9-10)11-5-3-2-4-6-11;2*1-2-4-6-5-3-1;;;;/h2*2-6,9H,8H2,1H3;2*1-5H;2*1H;1H2;. The summed E-state index contributed by atoms with van der Waals surface area (Å²) in [5.74, 6) is 0. The Morgan fingerprint density at radius 1 is 0.475 bits per heavy atom. The third-order valence-corrected chi connectivity index (χ3v) is 46.9. The molecule has 0 nitrogen and oxygen atoms in total. The van der Waals surface area contributed by atoms with Gasteiger partial charge in [0.2, 0.25) is 0 Å². The molecular weight excluding hydrogens is 667 g/mol. The first-order valence-corrected chi connectivity index (χ1v) is 29.0. The van der Waals surface area contributed by atoms with Gasteiger partial charge in [0.05, 0.1) is 0 Å². The van der Waals surface area contributed by atoms with E-state index in [1.165, 1.54) is 45.6 Å². The quantitative estimate of drug-likeness (QED) is 0.178. The van der Waals surface area contributed by atoms with Crippen LogP contribution >= 0.6 is 24.8 Å². The minimum Gasteiger partial charge on any atom is -0.147 e. The van der Waals surface area contributed by atoms with Crippen LogP contribution in [0.3, 0.4) is 0 Å². The Bertz CT molecular complexity index is 1570. The monoisotopic (exact) mass is 702 g/mol. The molecule has 4 aromatic carbocycles. The molecule has 0 saturated carbocycles. The van der Waals surface area contributed by atoms with Crippen molar-refractivity contribution in [2.75, 3.05) is 0 Å². The topological polar surface area (TPSA) is 0 Å². The zero-order chi connectivity index (χ0) is 26.2. The van der Waals surface area contributed by atoms with Crippen LogP contribution in [0, 0.1) is 0 Å². The van der Waals surface area contributed by atoms with E-state index in [1.807, 2.05) is 0 Å². The van der Waals surface area contributed by atoms with Crippen molar-refractivity contribution >= 4 is 54.6 Å². The van der Waals surface area contributed by atoms with E-state index in [0.717, 1.165) is 12.8 Å². The normalized spacial score (nSPS) is 15.3. The average molecular weight is 703 g/mol. The molecule has 0 atom stereocenters. The first-order chi connectivity index (χ1) is 18.5. The third-order valence-electron chi connectivity index (χ3n) is 8.91. The SMILES string of the molecule is CC1=[C]([Zr](=[GeH2])([C]2=C(C)C=C(c3ccccc3)C2)([c]2ccccc2)[c]2ccccc2)CC(c2ccccc2)=C1.Cl.Cl. The van der Waals surface area contributed by atoms with E-state index in [4.69, 9.17) is 0 Å². The summed E-state index contributed by atoms with van der Waals surface area (Å²) in [6.45, 7) is 4.77. The second-order valence-electron chi connectivity index (χ2n) is 10.9. The van der Waals surface area contributed by atoms with E-state index in [1.54, 1.807) is 13.1 Å². The molecule has 0 aliphatic heterocycles. The molecule has 0 bridgehead atoms. The average Bonchev–Trinajstić information content (AvgIpc) is 3.58. The molecule has 2 aliphatic carbocycles. The molecule has 4 aromatic rings. The van der Waals surface area contributed by atoms with Gasteiger partial charge in [-0.1, -0.05) is 0 Å². The van der Waals surface area contributed by atoms with Gasteiger partial charge in [-0.25, -0.2) is 0 Å². The first kappa shape index (κ1) is 30.8. The van der Waals surface area contributed by atoms with Crippen LogP contribution in [0.5, 0.6) is 0 Å². The molecule has 0 fully saturated rings. The minimum atomic E-state index is -4.22. The van der Waals surface area contributed by atoms with Gasteiger partial charge < -0.3 is 0 Å². The summed E-state index contributed by atoms with van der Waals surface area (Å²) in [5, 5.41) is 0. The van der Waals surface area contributed by atoms with Gasteiger partial charge in [0.25, 0.3) is 0 Å². The molecular formula is C36H36Cl2GeZr. The van der Waals surface area contributed by atoms with E-state index in [-0.39, 0.29) is 24.8 Å². The number of halogens is 2. The van der Waals surface area contributed by atoms with Crippen LogP contribution in [0.4, 0.5) is 0 Å². The smallest absolute Gasteiger partial charge is 0.147 e. The Morgan fingerprint density at radius 3 is 1.10 bits per heavy atom. The largest absolute Gasteiger partial charge is 0.147 e. The Balaban J connectivity index is 0.00000185. The van der Waals surface area contributed by atoms with E-state index >= 15 is 0 Å². The predicted octanol–water partition coefficient (Wildman–Crippen LogP) is 8.24. The van der Waals surface area contributed by atoms with Gasteiger partial charge in [-0.15, -0.1) is 24.8 Å². The number of hydrogen-bond acceptors (Lipinski definition) is 0. The molecule has 6 rings (SSSR count). The molecule has 0 radical (unpaired) electrons.